The molecule has 0 radical (unpaired) electrons. The molecule has 0 amide bonds. The molecule has 0 saturated carbocycles. The molecule has 1 aliphatic carbocycles. The SMILES string of the molecule is CC(C)CCc1cc2c(s1)C1c3cc(O)c(O)cc3CCC1NC2. The second kappa shape index (κ2) is 6.08. The van der Waals surface area contributed by atoms with E-state index in [1.165, 1.54) is 32.9 Å². The molecule has 2 aromatic rings. The minimum Gasteiger partial charge on any atom is -0.504 e. The molecule has 0 fully saturated rings. The highest BCUT2D eigenvalue weighted by molar-refractivity contribution is 7.12. The van der Waals surface area contributed by atoms with E-state index in [2.05, 4.69) is 25.2 Å². The van der Waals surface area contributed by atoms with Gasteiger partial charge < -0.3 is 15.5 Å². The van der Waals surface area contributed by atoms with Crippen LogP contribution in [0.25, 0.3) is 0 Å². The highest BCUT2D eigenvalue weighted by atomic mass is 32.1. The number of nitrogens with one attached hydrogen (secondary N) is 1. The van der Waals surface area contributed by atoms with Crippen LogP contribution in [-0.2, 0) is 19.4 Å². The average molecular weight is 343 g/mol. The van der Waals surface area contributed by atoms with Gasteiger partial charge in [0, 0.05) is 28.3 Å². The fraction of sp³-hybridized carbons (Fsp3) is 0.500. The maximum atomic E-state index is 10.00. The Hall–Kier alpha value is -1.52. The van der Waals surface area contributed by atoms with Gasteiger partial charge in [0.2, 0.25) is 0 Å². The molecule has 1 aromatic carbocycles. The van der Waals surface area contributed by atoms with Gasteiger partial charge in [-0.15, -0.1) is 11.3 Å². The number of aromatic hydroxyl groups is 2. The summed E-state index contributed by atoms with van der Waals surface area (Å²) in [6.45, 7) is 5.50. The van der Waals surface area contributed by atoms with E-state index in [-0.39, 0.29) is 11.5 Å². The third-order valence-corrected chi connectivity index (χ3v) is 6.72. The molecule has 3 nitrogen and oxygen atoms in total. The van der Waals surface area contributed by atoms with Crippen LogP contribution in [0.5, 0.6) is 11.5 Å². The standard InChI is InChI=1S/C20H25NO2S/c1-11(2)3-5-14-7-13-10-21-16-6-4-12-8-17(22)18(23)9-15(12)19(16)20(13)24-14/h7-9,11,16,19,21-23H,3-6,10H2,1-2H3. The number of aryl methyl sites for hydroxylation is 2. The van der Waals surface area contributed by atoms with Crippen LogP contribution >= 0.6 is 11.3 Å². The molecule has 1 aromatic heterocycles. The van der Waals surface area contributed by atoms with Gasteiger partial charge in [0.25, 0.3) is 0 Å². The van der Waals surface area contributed by atoms with Crippen LogP contribution in [0, 0.1) is 5.92 Å². The first-order valence-electron chi connectivity index (χ1n) is 8.92. The largest absolute Gasteiger partial charge is 0.504 e. The lowest BCUT2D eigenvalue weighted by Crippen LogP contribution is -2.41. The number of rotatable bonds is 3. The summed E-state index contributed by atoms with van der Waals surface area (Å²) in [4.78, 5) is 2.94. The molecule has 128 valence electrons. The molecule has 2 heterocycles. The lowest BCUT2D eigenvalue weighted by Gasteiger charge is -2.38. The quantitative estimate of drug-likeness (QED) is 0.729. The van der Waals surface area contributed by atoms with Gasteiger partial charge in [-0.1, -0.05) is 13.8 Å². The number of benzene rings is 1. The Morgan fingerprint density at radius 1 is 1.17 bits per heavy atom. The summed E-state index contributed by atoms with van der Waals surface area (Å²) in [6, 6.07) is 6.35. The summed E-state index contributed by atoms with van der Waals surface area (Å²) >= 11 is 1.95. The number of thiophene rings is 1. The molecule has 1 aliphatic heterocycles. The molecule has 2 atom stereocenters. The second-order valence-corrected chi connectivity index (χ2v) is 8.75. The lowest BCUT2D eigenvalue weighted by atomic mass is 9.75. The smallest absolute Gasteiger partial charge is 0.157 e. The van der Waals surface area contributed by atoms with Gasteiger partial charge in [-0.2, -0.15) is 0 Å². The van der Waals surface area contributed by atoms with Crippen molar-refractivity contribution in [3.05, 3.63) is 44.6 Å². The van der Waals surface area contributed by atoms with Crippen LogP contribution in [0.1, 0.15) is 59.1 Å². The Morgan fingerprint density at radius 2 is 1.96 bits per heavy atom. The zero-order chi connectivity index (χ0) is 16.8. The zero-order valence-corrected chi connectivity index (χ0v) is 15.1. The Kier molecular flexibility index (Phi) is 4.05. The number of phenols is 2. The van der Waals surface area contributed by atoms with Gasteiger partial charge in [-0.25, -0.2) is 0 Å². The van der Waals surface area contributed by atoms with E-state index in [0.717, 1.165) is 31.7 Å². The summed E-state index contributed by atoms with van der Waals surface area (Å²) in [5.41, 5.74) is 3.78. The first-order chi connectivity index (χ1) is 11.5. The van der Waals surface area contributed by atoms with Crippen molar-refractivity contribution in [2.24, 2.45) is 5.92 Å². The molecule has 3 N–H and O–H groups in total. The van der Waals surface area contributed by atoms with Crippen molar-refractivity contribution in [3.63, 3.8) is 0 Å². The number of hydrogen-bond acceptors (Lipinski definition) is 4. The van der Waals surface area contributed by atoms with Gasteiger partial charge in [-0.05, 0) is 66.5 Å². The molecule has 2 aliphatic rings. The summed E-state index contributed by atoms with van der Waals surface area (Å²) < 4.78 is 0. The first kappa shape index (κ1) is 16.0. The van der Waals surface area contributed by atoms with E-state index < -0.39 is 0 Å². The van der Waals surface area contributed by atoms with E-state index in [0.29, 0.717) is 12.0 Å². The van der Waals surface area contributed by atoms with Gasteiger partial charge in [0.15, 0.2) is 11.5 Å². The van der Waals surface area contributed by atoms with Crippen molar-refractivity contribution >= 4 is 11.3 Å². The molecule has 4 heteroatoms. The predicted octanol–water partition coefficient (Wildman–Crippen LogP) is 4.30. The topological polar surface area (TPSA) is 52.5 Å². The molecular weight excluding hydrogens is 318 g/mol. The van der Waals surface area contributed by atoms with Crippen LogP contribution in [0.2, 0.25) is 0 Å². The minimum absolute atomic E-state index is 0.00000545. The van der Waals surface area contributed by atoms with Crippen molar-refractivity contribution in [3.8, 4) is 11.5 Å². The number of hydrogen-bond donors (Lipinski definition) is 3. The lowest BCUT2D eigenvalue weighted by molar-refractivity contribution is 0.383. The molecule has 4 rings (SSSR count). The van der Waals surface area contributed by atoms with Crippen LogP contribution in [0.4, 0.5) is 0 Å². The van der Waals surface area contributed by atoms with Gasteiger partial charge in [-0.3, -0.25) is 0 Å². The summed E-state index contributed by atoms with van der Waals surface area (Å²) in [6.07, 6.45) is 4.42. The minimum atomic E-state index is -0.00175. The van der Waals surface area contributed by atoms with Crippen LogP contribution in [-0.4, -0.2) is 16.3 Å². The Labute approximate surface area is 147 Å². The van der Waals surface area contributed by atoms with E-state index >= 15 is 0 Å². The maximum absolute atomic E-state index is 10.00. The van der Waals surface area contributed by atoms with Crippen LogP contribution in [0.3, 0.4) is 0 Å². The van der Waals surface area contributed by atoms with Crippen molar-refractivity contribution in [1.82, 2.24) is 5.32 Å². The van der Waals surface area contributed by atoms with Crippen molar-refractivity contribution < 1.29 is 10.2 Å². The van der Waals surface area contributed by atoms with Gasteiger partial charge in [0.05, 0.1) is 0 Å². The summed E-state index contributed by atoms with van der Waals surface area (Å²) in [5.74, 6) is 1.03. The monoisotopic (exact) mass is 343 g/mol. The molecule has 24 heavy (non-hydrogen) atoms. The normalized spacial score (nSPS) is 22.1. The summed E-state index contributed by atoms with van der Waals surface area (Å²) in [7, 11) is 0. The highest BCUT2D eigenvalue weighted by Gasteiger charge is 2.37. The fourth-order valence-corrected chi connectivity index (χ4v) is 5.46. The van der Waals surface area contributed by atoms with Crippen LogP contribution in [0.15, 0.2) is 18.2 Å². The average Bonchev–Trinajstić information content (AvgIpc) is 2.97. The van der Waals surface area contributed by atoms with Crippen molar-refractivity contribution in [2.75, 3.05) is 0 Å². The van der Waals surface area contributed by atoms with Crippen LogP contribution < -0.4 is 5.32 Å². The highest BCUT2D eigenvalue weighted by Crippen LogP contribution is 2.46. The Bertz CT molecular complexity index is 765. The second-order valence-electron chi connectivity index (χ2n) is 7.58. The Morgan fingerprint density at radius 3 is 2.75 bits per heavy atom. The maximum Gasteiger partial charge on any atom is 0.157 e. The predicted molar refractivity (Wildman–Crippen MR) is 98.0 cm³/mol. The van der Waals surface area contributed by atoms with E-state index in [1.807, 2.05) is 11.3 Å². The van der Waals surface area contributed by atoms with Crippen molar-refractivity contribution in [1.29, 1.82) is 0 Å². The summed E-state index contributed by atoms with van der Waals surface area (Å²) in [5, 5.41) is 23.5. The van der Waals surface area contributed by atoms with Crippen molar-refractivity contribution in [2.45, 2.75) is 58.0 Å². The third kappa shape index (κ3) is 2.72. The Balaban J connectivity index is 1.73. The zero-order valence-electron chi connectivity index (χ0n) is 14.3. The molecule has 0 spiro atoms. The molecule has 0 saturated heterocycles. The molecule has 2 unspecified atom stereocenters. The first-order valence-corrected chi connectivity index (χ1v) is 9.74. The third-order valence-electron chi connectivity index (χ3n) is 5.40. The van der Waals surface area contributed by atoms with E-state index in [9.17, 15) is 10.2 Å². The molecular formula is C20H25NO2S. The fourth-order valence-electron chi connectivity index (χ4n) is 4.08. The van der Waals surface area contributed by atoms with Gasteiger partial charge in [0.1, 0.15) is 0 Å². The molecule has 0 bridgehead atoms. The van der Waals surface area contributed by atoms with Gasteiger partial charge >= 0.3 is 0 Å². The number of phenolic OH excluding ortho intramolecular Hbond substituents is 2. The number of fused-ring (bicyclic) bond motifs is 5. The van der Waals surface area contributed by atoms with E-state index in [1.54, 1.807) is 12.1 Å². The van der Waals surface area contributed by atoms with E-state index in [4.69, 9.17) is 0 Å².